The summed E-state index contributed by atoms with van der Waals surface area (Å²) in [6.45, 7) is 10.7. The van der Waals surface area contributed by atoms with Crippen molar-refractivity contribution in [2.75, 3.05) is 0 Å². The van der Waals surface area contributed by atoms with E-state index in [2.05, 4.69) is 10.3 Å². The van der Waals surface area contributed by atoms with Gasteiger partial charge in [0.25, 0.3) is 0 Å². The monoisotopic (exact) mass is 306 g/mol. The maximum atomic E-state index is 12.4. The molecule has 0 saturated heterocycles. The fraction of sp³-hybridized carbons (Fsp3) is 0.588. The molecule has 1 heterocycles. The maximum Gasteiger partial charge on any atom is 0.408 e. The molecule has 0 saturated carbocycles. The Hall–Kier alpha value is -1.91. The van der Waals surface area contributed by atoms with E-state index < -0.39 is 17.2 Å². The van der Waals surface area contributed by atoms with E-state index >= 15 is 0 Å². The number of ether oxygens (including phenoxy) is 1. The van der Waals surface area contributed by atoms with Crippen LogP contribution >= 0.6 is 0 Å². The fourth-order valence-electron chi connectivity index (χ4n) is 1.95. The number of amides is 1. The van der Waals surface area contributed by atoms with Gasteiger partial charge in [-0.25, -0.2) is 4.79 Å². The Labute approximate surface area is 132 Å². The third-order valence-corrected chi connectivity index (χ3v) is 3.22. The number of Topliss-reactive ketones (excluding diaryl/α,β-unsaturated/α-hetero) is 1. The Morgan fingerprint density at radius 2 is 1.86 bits per heavy atom. The zero-order valence-electron chi connectivity index (χ0n) is 14.3. The van der Waals surface area contributed by atoms with Crippen molar-refractivity contribution in [2.24, 2.45) is 0 Å². The van der Waals surface area contributed by atoms with E-state index in [1.54, 1.807) is 40.8 Å². The van der Waals surface area contributed by atoms with Gasteiger partial charge in [0.05, 0.1) is 5.54 Å². The van der Waals surface area contributed by atoms with Crippen LogP contribution in [-0.4, -0.2) is 28.0 Å². The molecule has 0 radical (unpaired) electrons. The minimum Gasteiger partial charge on any atom is -0.444 e. The molecule has 22 heavy (non-hydrogen) atoms. The number of pyridine rings is 1. The lowest BCUT2D eigenvalue weighted by atomic mass is 9.94. The van der Waals surface area contributed by atoms with E-state index in [1.165, 1.54) is 0 Å². The molecule has 5 heteroatoms. The summed E-state index contributed by atoms with van der Waals surface area (Å²) in [5.41, 5.74) is 0.413. The van der Waals surface area contributed by atoms with E-state index in [-0.39, 0.29) is 5.78 Å². The van der Waals surface area contributed by atoms with Gasteiger partial charge >= 0.3 is 6.09 Å². The largest absolute Gasteiger partial charge is 0.444 e. The summed E-state index contributed by atoms with van der Waals surface area (Å²) >= 11 is 0. The summed E-state index contributed by atoms with van der Waals surface area (Å²) in [5, 5.41) is 2.63. The van der Waals surface area contributed by atoms with Crippen LogP contribution in [0.25, 0.3) is 0 Å². The number of nitrogens with zero attached hydrogens (tertiary/aromatic N) is 1. The van der Waals surface area contributed by atoms with Crippen molar-refractivity contribution in [1.82, 2.24) is 10.3 Å². The highest BCUT2D eigenvalue weighted by Gasteiger charge is 2.31. The van der Waals surface area contributed by atoms with Gasteiger partial charge in [0.1, 0.15) is 5.60 Å². The molecule has 0 aliphatic rings. The van der Waals surface area contributed by atoms with Gasteiger partial charge in [0.15, 0.2) is 5.78 Å². The quantitative estimate of drug-likeness (QED) is 0.907. The lowest BCUT2D eigenvalue weighted by molar-refractivity contribution is -0.124. The highest BCUT2D eigenvalue weighted by molar-refractivity contribution is 5.91. The van der Waals surface area contributed by atoms with E-state index in [0.717, 1.165) is 11.3 Å². The predicted molar refractivity (Wildman–Crippen MR) is 85.8 cm³/mol. The van der Waals surface area contributed by atoms with Crippen molar-refractivity contribution in [3.05, 3.63) is 29.6 Å². The molecule has 1 rings (SSSR count). The smallest absolute Gasteiger partial charge is 0.408 e. The van der Waals surface area contributed by atoms with E-state index in [4.69, 9.17) is 4.74 Å². The molecule has 122 valence electrons. The first kappa shape index (κ1) is 18.1. The minimum atomic E-state index is -0.967. The minimum absolute atomic E-state index is 0.0524. The maximum absolute atomic E-state index is 12.4. The van der Waals surface area contributed by atoms with E-state index in [9.17, 15) is 9.59 Å². The molecule has 1 N–H and O–H groups in total. The number of hydrogen-bond donors (Lipinski definition) is 1. The second-order valence-electron chi connectivity index (χ2n) is 6.94. The average molecular weight is 306 g/mol. The van der Waals surface area contributed by atoms with Crippen LogP contribution in [0.1, 0.15) is 52.3 Å². The summed E-state index contributed by atoms with van der Waals surface area (Å²) in [6, 6.07) is 3.84. The summed E-state index contributed by atoms with van der Waals surface area (Å²) in [7, 11) is 0. The number of aryl methyl sites for hydroxylation is 2. The van der Waals surface area contributed by atoms with Crippen molar-refractivity contribution in [3.8, 4) is 0 Å². The zero-order chi connectivity index (χ0) is 17.0. The van der Waals surface area contributed by atoms with Gasteiger partial charge in [0.2, 0.25) is 0 Å². The summed E-state index contributed by atoms with van der Waals surface area (Å²) in [6.07, 6.45) is 2.02. The summed E-state index contributed by atoms with van der Waals surface area (Å²) < 4.78 is 5.19. The zero-order valence-corrected chi connectivity index (χ0v) is 14.3. The van der Waals surface area contributed by atoms with Crippen LogP contribution < -0.4 is 5.32 Å². The molecule has 0 spiro atoms. The number of ketones is 1. The highest BCUT2D eigenvalue weighted by Crippen LogP contribution is 2.14. The molecule has 1 aromatic rings. The molecule has 0 unspecified atom stereocenters. The number of rotatable bonds is 5. The number of carbonyl (C=O) groups is 2. The molecule has 0 aliphatic carbocycles. The van der Waals surface area contributed by atoms with Gasteiger partial charge in [-0.05, 0) is 59.6 Å². The lowest BCUT2D eigenvalue weighted by Crippen LogP contribution is -2.51. The topological polar surface area (TPSA) is 68.3 Å². The number of hydrogen-bond acceptors (Lipinski definition) is 4. The van der Waals surface area contributed by atoms with Crippen molar-refractivity contribution in [2.45, 2.75) is 65.5 Å². The Morgan fingerprint density at radius 3 is 2.41 bits per heavy atom. The highest BCUT2D eigenvalue weighted by atomic mass is 16.6. The fourth-order valence-corrected chi connectivity index (χ4v) is 1.95. The first-order valence-corrected chi connectivity index (χ1v) is 7.46. The summed E-state index contributed by atoms with van der Waals surface area (Å²) in [4.78, 5) is 28.4. The summed E-state index contributed by atoms with van der Waals surface area (Å²) in [5.74, 6) is -0.0524. The third kappa shape index (κ3) is 5.84. The second kappa shape index (κ2) is 6.90. The molecule has 1 aromatic heterocycles. The molecule has 0 fully saturated rings. The van der Waals surface area contributed by atoms with Gasteiger partial charge in [-0.2, -0.15) is 0 Å². The number of carbonyl (C=O) groups excluding carboxylic acids is 2. The number of alkyl carbamates (subject to hydrolysis) is 1. The van der Waals surface area contributed by atoms with Crippen LogP contribution in [0.5, 0.6) is 0 Å². The third-order valence-electron chi connectivity index (χ3n) is 3.22. The molecule has 0 atom stereocenters. The SMILES string of the molecule is Cc1cccnc1CCC(=O)C(C)(C)NC(=O)OC(C)(C)C. The van der Waals surface area contributed by atoms with E-state index in [1.807, 2.05) is 19.1 Å². The Morgan fingerprint density at radius 1 is 1.23 bits per heavy atom. The Kier molecular flexibility index (Phi) is 5.69. The predicted octanol–water partition coefficient (Wildman–Crippen LogP) is 3.20. The number of aromatic nitrogens is 1. The standard InChI is InChI=1S/C17H26N2O3/c1-12-8-7-11-18-13(12)9-10-14(20)17(5,6)19-15(21)22-16(2,3)4/h7-8,11H,9-10H2,1-6H3,(H,19,21). The van der Waals surface area contributed by atoms with Gasteiger partial charge in [-0.3, -0.25) is 9.78 Å². The van der Waals surface area contributed by atoms with Crippen molar-refractivity contribution in [3.63, 3.8) is 0 Å². The van der Waals surface area contributed by atoms with E-state index in [0.29, 0.717) is 12.8 Å². The van der Waals surface area contributed by atoms with Crippen LogP contribution in [0.3, 0.4) is 0 Å². The van der Waals surface area contributed by atoms with Crippen LogP contribution in [0, 0.1) is 6.92 Å². The van der Waals surface area contributed by atoms with Crippen LogP contribution in [-0.2, 0) is 16.0 Å². The average Bonchev–Trinajstić information content (AvgIpc) is 2.34. The Bertz CT molecular complexity index is 545. The van der Waals surface area contributed by atoms with Crippen molar-refractivity contribution < 1.29 is 14.3 Å². The van der Waals surface area contributed by atoms with Gasteiger partial charge in [-0.15, -0.1) is 0 Å². The van der Waals surface area contributed by atoms with Crippen LogP contribution in [0.2, 0.25) is 0 Å². The molecular weight excluding hydrogens is 280 g/mol. The molecule has 0 bridgehead atoms. The van der Waals surface area contributed by atoms with Gasteiger partial charge in [0, 0.05) is 18.3 Å². The first-order chi connectivity index (χ1) is 10.0. The second-order valence-corrected chi connectivity index (χ2v) is 6.94. The van der Waals surface area contributed by atoms with Crippen LogP contribution in [0.4, 0.5) is 4.79 Å². The molecule has 1 amide bonds. The number of nitrogens with one attached hydrogen (secondary N) is 1. The normalized spacial score (nSPS) is 11.9. The van der Waals surface area contributed by atoms with Gasteiger partial charge < -0.3 is 10.1 Å². The van der Waals surface area contributed by atoms with Crippen molar-refractivity contribution in [1.29, 1.82) is 0 Å². The molecule has 5 nitrogen and oxygen atoms in total. The molecule has 0 aromatic carbocycles. The Balaban J connectivity index is 2.59. The molecular formula is C17H26N2O3. The first-order valence-electron chi connectivity index (χ1n) is 7.46. The van der Waals surface area contributed by atoms with Crippen molar-refractivity contribution >= 4 is 11.9 Å². The van der Waals surface area contributed by atoms with Gasteiger partial charge in [-0.1, -0.05) is 6.07 Å². The molecule has 0 aliphatic heterocycles. The van der Waals surface area contributed by atoms with Crippen LogP contribution in [0.15, 0.2) is 18.3 Å². The lowest BCUT2D eigenvalue weighted by Gasteiger charge is -2.27.